The zero-order valence-corrected chi connectivity index (χ0v) is 25.3. The lowest BCUT2D eigenvalue weighted by Gasteiger charge is -2.41. The number of nitrogens with zero attached hydrogens (tertiary/aromatic N) is 4. The molecule has 3 fully saturated rings. The molecule has 232 valence electrons. The van der Waals surface area contributed by atoms with Crippen LogP contribution in [0.3, 0.4) is 0 Å². The van der Waals surface area contributed by atoms with Crippen LogP contribution in [0.2, 0.25) is 0 Å². The molecule has 4 atom stereocenters. The maximum atomic E-state index is 14.0. The molecule has 13 heteroatoms. The van der Waals surface area contributed by atoms with Gasteiger partial charge in [0.05, 0.1) is 36.6 Å². The van der Waals surface area contributed by atoms with Crippen molar-refractivity contribution in [3.8, 4) is 0 Å². The number of nitrogens with two attached hydrogens (primary N) is 1. The largest absolute Gasteiger partial charge is 0.467 e. The SMILES string of the molecule is COC(=O)C(O)C1(NC(=O)[C@@H]2C[C@H](n3nncc3C(C)(C)O)CN2C(=O)C(N)CC2CCCCC2)CCCCC1.Cl. The van der Waals surface area contributed by atoms with Gasteiger partial charge in [0.25, 0.3) is 0 Å². The topological polar surface area (TPSA) is 173 Å². The maximum absolute atomic E-state index is 14.0. The Morgan fingerprint density at radius 3 is 2.41 bits per heavy atom. The number of esters is 1. The summed E-state index contributed by atoms with van der Waals surface area (Å²) in [5.41, 5.74) is 4.54. The third kappa shape index (κ3) is 7.39. The minimum atomic E-state index is -1.52. The van der Waals surface area contributed by atoms with Gasteiger partial charge in [-0.15, -0.1) is 17.5 Å². The molecule has 41 heavy (non-hydrogen) atoms. The zero-order chi connectivity index (χ0) is 29.1. The number of carbonyl (C=O) groups is 3. The van der Waals surface area contributed by atoms with Gasteiger partial charge in [0.2, 0.25) is 11.8 Å². The lowest BCUT2D eigenvalue weighted by atomic mass is 9.77. The molecule has 2 unspecified atom stereocenters. The van der Waals surface area contributed by atoms with E-state index in [4.69, 9.17) is 10.5 Å². The van der Waals surface area contributed by atoms with Crippen LogP contribution >= 0.6 is 12.4 Å². The van der Waals surface area contributed by atoms with E-state index in [0.717, 1.165) is 44.9 Å². The van der Waals surface area contributed by atoms with E-state index in [1.54, 1.807) is 18.5 Å². The highest BCUT2D eigenvalue weighted by molar-refractivity contribution is 5.91. The lowest BCUT2D eigenvalue weighted by molar-refractivity contribution is -0.158. The number of nitrogens with one attached hydrogen (secondary N) is 1. The first kappa shape index (κ1) is 33.2. The van der Waals surface area contributed by atoms with E-state index < -0.39 is 47.2 Å². The molecule has 2 heterocycles. The number of ether oxygens (including phenoxy) is 1. The number of rotatable bonds is 9. The number of carbonyl (C=O) groups excluding carboxylic acids is 3. The van der Waals surface area contributed by atoms with Gasteiger partial charge in [-0.1, -0.05) is 56.6 Å². The predicted molar refractivity (Wildman–Crippen MR) is 153 cm³/mol. The van der Waals surface area contributed by atoms with Crippen molar-refractivity contribution in [3.63, 3.8) is 0 Å². The van der Waals surface area contributed by atoms with Gasteiger partial charge in [-0.25, -0.2) is 9.48 Å². The molecule has 1 aromatic rings. The number of hydrogen-bond acceptors (Lipinski definition) is 9. The molecule has 1 aliphatic heterocycles. The predicted octanol–water partition coefficient (Wildman–Crippen LogP) is 1.72. The minimum absolute atomic E-state index is 0. The lowest BCUT2D eigenvalue weighted by Crippen LogP contribution is -2.63. The zero-order valence-electron chi connectivity index (χ0n) is 24.5. The second-order valence-corrected chi connectivity index (χ2v) is 12.5. The smallest absolute Gasteiger partial charge is 0.337 e. The standard InChI is InChI=1S/C28H46N6O6.ClH/c1-27(2,39)22-16-30-32-34(22)19-15-21(33(17-19)25(37)20(29)14-18-10-6-4-7-11-18)24(36)31-28(12-8-5-9-13-28)23(35)26(38)40-3;/h16,18-21,23,35,39H,4-15,17,29H2,1-3H3,(H,31,36);1H/t19-,20?,21-,23?;/m0./s1. The number of aromatic nitrogens is 3. The number of aliphatic hydroxyl groups is 2. The molecule has 2 aliphatic carbocycles. The normalized spacial score (nSPS) is 24.7. The van der Waals surface area contributed by atoms with E-state index >= 15 is 0 Å². The highest BCUT2D eigenvalue weighted by Gasteiger charge is 2.49. The van der Waals surface area contributed by atoms with Crippen LogP contribution < -0.4 is 11.1 Å². The Labute approximate surface area is 248 Å². The van der Waals surface area contributed by atoms with Crippen LogP contribution in [0.15, 0.2) is 6.20 Å². The quantitative estimate of drug-likeness (QED) is 0.309. The molecule has 0 aromatic carbocycles. The first-order valence-corrected chi connectivity index (χ1v) is 14.7. The molecule has 2 amide bonds. The number of halogens is 1. The van der Waals surface area contributed by atoms with E-state index in [-0.39, 0.29) is 31.3 Å². The van der Waals surface area contributed by atoms with E-state index in [9.17, 15) is 24.6 Å². The third-order valence-corrected chi connectivity index (χ3v) is 9.11. The molecule has 12 nitrogen and oxygen atoms in total. The number of likely N-dealkylation sites (tertiary alicyclic amines) is 1. The van der Waals surface area contributed by atoms with E-state index in [0.29, 0.717) is 30.9 Å². The molecule has 0 bridgehead atoms. The van der Waals surface area contributed by atoms with Crippen LogP contribution in [-0.2, 0) is 24.7 Å². The van der Waals surface area contributed by atoms with Crippen molar-refractivity contribution in [1.29, 1.82) is 0 Å². The Hall–Kier alpha value is -2.28. The summed E-state index contributed by atoms with van der Waals surface area (Å²) in [4.78, 5) is 41.6. The fraction of sp³-hybridized carbons (Fsp3) is 0.821. The molecule has 0 spiro atoms. The number of amides is 2. The fourth-order valence-electron chi connectivity index (χ4n) is 6.85. The fourth-order valence-corrected chi connectivity index (χ4v) is 6.85. The number of aliphatic hydroxyl groups excluding tert-OH is 1. The molecule has 0 radical (unpaired) electrons. The van der Waals surface area contributed by atoms with E-state index in [1.807, 2.05) is 0 Å². The Kier molecular flexibility index (Phi) is 11.2. The monoisotopic (exact) mass is 598 g/mol. The first-order chi connectivity index (χ1) is 19.0. The van der Waals surface area contributed by atoms with Crippen LogP contribution in [0.4, 0.5) is 0 Å². The van der Waals surface area contributed by atoms with Crippen molar-refractivity contribution < 1.29 is 29.3 Å². The van der Waals surface area contributed by atoms with Crippen LogP contribution in [0, 0.1) is 5.92 Å². The molecule has 4 rings (SSSR count). The van der Waals surface area contributed by atoms with E-state index in [1.165, 1.54) is 24.6 Å². The van der Waals surface area contributed by atoms with Crippen LogP contribution in [0.5, 0.6) is 0 Å². The summed E-state index contributed by atoms with van der Waals surface area (Å²) in [6.07, 6.45) is 9.60. The van der Waals surface area contributed by atoms with Gasteiger partial charge >= 0.3 is 5.97 Å². The van der Waals surface area contributed by atoms with Gasteiger partial charge in [0.1, 0.15) is 11.6 Å². The van der Waals surface area contributed by atoms with Gasteiger partial charge in [-0.05, 0) is 39.0 Å². The van der Waals surface area contributed by atoms with Crippen LogP contribution in [0.25, 0.3) is 0 Å². The van der Waals surface area contributed by atoms with Gasteiger partial charge < -0.3 is 30.9 Å². The summed E-state index contributed by atoms with van der Waals surface area (Å²) >= 11 is 0. The Balaban J connectivity index is 0.00000462. The first-order valence-electron chi connectivity index (χ1n) is 14.7. The van der Waals surface area contributed by atoms with Crippen molar-refractivity contribution >= 4 is 30.2 Å². The summed E-state index contributed by atoms with van der Waals surface area (Å²) in [6.45, 7) is 3.44. The van der Waals surface area contributed by atoms with Gasteiger partial charge in [-0.3, -0.25) is 9.59 Å². The second-order valence-electron chi connectivity index (χ2n) is 12.5. The summed E-state index contributed by atoms with van der Waals surface area (Å²) in [5, 5.41) is 32.7. The third-order valence-electron chi connectivity index (χ3n) is 9.11. The summed E-state index contributed by atoms with van der Waals surface area (Å²) in [5.74, 6) is -1.16. The van der Waals surface area contributed by atoms with Crippen LogP contribution in [0.1, 0.15) is 103 Å². The Morgan fingerprint density at radius 2 is 1.80 bits per heavy atom. The molecule has 5 N–H and O–H groups in total. The summed E-state index contributed by atoms with van der Waals surface area (Å²) < 4.78 is 6.39. The molecule has 1 aromatic heterocycles. The average molecular weight is 599 g/mol. The van der Waals surface area contributed by atoms with Crippen molar-refractivity contribution in [2.24, 2.45) is 11.7 Å². The summed E-state index contributed by atoms with van der Waals surface area (Å²) in [7, 11) is 1.21. The number of hydrogen-bond donors (Lipinski definition) is 4. The van der Waals surface area contributed by atoms with Crippen molar-refractivity contribution in [1.82, 2.24) is 25.2 Å². The number of methoxy groups -OCH3 is 1. The van der Waals surface area contributed by atoms with E-state index in [2.05, 4.69) is 15.6 Å². The molecule has 2 saturated carbocycles. The van der Waals surface area contributed by atoms with Gasteiger partial charge in [-0.2, -0.15) is 0 Å². The maximum Gasteiger partial charge on any atom is 0.337 e. The Morgan fingerprint density at radius 1 is 1.17 bits per heavy atom. The van der Waals surface area contributed by atoms with Gasteiger partial charge in [0.15, 0.2) is 6.10 Å². The highest BCUT2D eigenvalue weighted by atomic mass is 35.5. The second kappa shape index (κ2) is 13.8. The summed E-state index contributed by atoms with van der Waals surface area (Å²) in [6, 6.07) is -2.05. The Bertz CT molecular complexity index is 1050. The molecular weight excluding hydrogens is 552 g/mol. The van der Waals surface area contributed by atoms with Crippen molar-refractivity contribution in [2.75, 3.05) is 13.7 Å². The molecule has 3 aliphatic rings. The van der Waals surface area contributed by atoms with Gasteiger partial charge in [0, 0.05) is 13.0 Å². The minimum Gasteiger partial charge on any atom is -0.467 e. The molecule has 1 saturated heterocycles. The highest BCUT2D eigenvalue weighted by Crippen LogP contribution is 2.36. The van der Waals surface area contributed by atoms with Crippen LogP contribution in [-0.4, -0.2) is 85.3 Å². The molecular formula is C28H47ClN6O6. The average Bonchev–Trinajstić information content (AvgIpc) is 3.61. The van der Waals surface area contributed by atoms with Crippen molar-refractivity contribution in [3.05, 3.63) is 11.9 Å². The van der Waals surface area contributed by atoms with Crippen molar-refractivity contribution in [2.45, 2.75) is 126 Å².